The number of aliphatic hydroxyl groups is 1. The molecule has 5 heteroatoms. The molecule has 0 bridgehead atoms. The summed E-state index contributed by atoms with van der Waals surface area (Å²) in [5.74, 6) is -0.0853. The Morgan fingerprint density at radius 1 is 1.56 bits per heavy atom. The van der Waals surface area contributed by atoms with Crippen LogP contribution in [0.5, 0.6) is 0 Å². The van der Waals surface area contributed by atoms with E-state index < -0.39 is 0 Å². The smallest absolute Gasteiger partial charge is 0.263 e. The molecule has 1 saturated carbocycles. The molecule has 1 aliphatic carbocycles. The lowest BCUT2D eigenvalue weighted by Gasteiger charge is -2.27. The molecule has 16 heavy (non-hydrogen) atoms. The Labute approximate surface area is 107 Å². The zero-order valence-corrected chi connectivity index (χ0v) is 11.2. The van der Waals surface area contributed by atoms with Gasteiger partial charge in [0.1, 0.15) is 4.88 Å². The molecule has 0 radical (unpaired) electrons. The van der Waals surface area contributed by atoms with Crippen molar-refractivity contribution in [3.05, 3.63) is 20.8 Å². The lowest BCUT2D eigenvalue weighted by molar-refractivity contribution is 0.0842. The molecule has 1 fully saturated rings. The fourth-order valence-corrected chi connectivity index (χ4v) is 3.57. The first-order valence-corrected chi connectivity index (χ1v) is 7.00. The van der Waals surface area contributed by atoms with Gasteiger partial charge in [-0.2, -0.15) is 0 Å². The van der Waals surface area contributed by atoms with Gasteiger partial charge in [-0.25, -0.2) is 0 Å². The van der Waals surface area contributed by atoms with Crippen LogP contribution in [0.25, 0.3) is 0 Å². The number of nitrogens with one attached hydrogen (secondary N) is 1. The van der Waals surface area contributed by atoms with Crippen LogP contribution in [0.3, 0.4) is 0 Å². The van der Waals surface area contributed by atoms with Gasteiger partial charge in [-0.15, -0.1) is 11.3 Å². The maximum absolute atomic E-state index is 12.0. The number of carbonyl (C=O) groups excluding carboxylic acids is 1. The van der Waals surface area contributed by atoms with Gasteiger partial charge in [-0.1, -0.05) is 12.8 Å². The zero-order valence-electron chi connectivity index (χ0n) is 8.83. The standard InChI is InChI=1S/C11H14BrNO2S/c12-8-3-6-16-9(8)10(15)13-11(7-14)4-1-2-5-11/h3,6,14H,1-2,4-5,7H2,(H,13,15). The number of carbonyl (C=O) groups is 1. The van der Waals surface area contributed by atoms with Crippen molar-refractivity contribution in [3.8, 4) is 0 Å². The normalized spacial score (nSPS) is 18.6. The molecule has 0 saturated heterocycles. The van der Waals surface area contributed by atoms with E-state index in [0.29, 0.717) is 4.88 Å². The first-order valence-electron chi connectivity index (χ1n) is 5.33. The summed E-state index contributed by atoms with van der Waals surface area (Å²) in [6.07, 6.45) is 3.90. The summed E-state index contributed by atoms with van der Waals surface area (Å²) in [6.45, 7) is 0.0295. The highest BCUT2D eigenvalue weighted by molar-refractivity contribution is 9.10. The maximum atomic E-state index is 12.0. The second-order valence-electron chi connectivity index (χ2n) is 4.20. The van der Waals surface area contributed by atoms with Gasteiger partial charge in [0.15, 0.2) is 0 Å². The number of hydrogen-bond acceptors (Lipinski definition) is 3. The predicted molar refractivity (Wildman–Crippen MR) is 67.8 cm³/mol. The topological polar surface area (TPSA) is 49.3 Å². The number of amides is 1. The van der Waals surface area contributed by atoms with Crippen molar-refractivity contribution in [1.29, 1.82) is 0 Å². The molecular formula is C11H14BrNO2S. The second kappa shape index (κ2) is 4.85. The fraction of sp³-hybridized carbons (Fsp3) is 0.545. The summed E-state index contributed by atoms with van der Waals surface area (Å²) in [6, 6.07) is 1.86. The molecule has 1 aromatic rings. The van der Waals surface area contributed by atoms with E-state index in [1.165, 1.54) is 11.3 Å². The van der Waals surface area contributed by atoms with Crippen LogP contribution in [-0.4, -0.2) is 23.2 Å². The average Bonchev–Trinajstić information content (AvgIpc) is 2.87. The Kier molecular flexibility index (Phi) is 3.66. The van der Waals surface area contributed by atoms with E-state index in [2.05, 4.69) is 21.2 Å². The Bertz CT molecular complexity index is 385. The quantitative estimate of drug-likeness (QED) is 0.901. The van der Waals surface area contributed by atoms with E-state index in [-0.39, 0.29) is 18.1 Å². The minimum absolute atomic E-state index is 0.0295. The molecule has 2 rings (SSSR count). The third-order valence-corrected chi connectivity index (χ3v) is 4.90. The van der Waals surface area contributed by atoms with Crippen molar-refractivity contribution in [2.75, 3.05) is 6.61 Å². The number of aliphatic hydroxyl groups excluding tert-OH is 1. The van der Waals surface area contributed by atoms with Crippen LogP contribution in [-0.2, 0) is 0 Å². The SMILES string of the molecule is O=C(NC1(CO)CCCC1)c1sccc1Br. The monoisotopic (exact) mass is 303 g/mol. The third kappa shape index (κ3) is 2.31. The van der Waals surface area contributed by atoms with E-state index >= 15 is 0 Å². The molecule has 3 nitrogen and oxygen atoms in total. The molecule has 1 amide bonds. The molecular weight excluding hydrogens is 290 g/mol. The van der Waals surface area contributed by atoms with Crippen molar-refractivity contribution in [1.82, 2.24) is 5.32 Å². The van der Waals surface area contributed by atoms with Crippen LogP contribution < -0.4 is 5.32 Å². The zero-order chi connectivity index (χ0) is 11.6. The van der Waals surface area contributed by atoms with Crippen molar-refractivity contribution < 1.29 is 9.90 Å². The van der Waals surface area contributed by atoms with Gasteiger partial charge in [0.05, 0.1) is 12.1 Å². The summed E-state index contributed by atoms with van der Waals surface area (Å²) in [5, 5.41) is 14.3. The number of hydrogen-bond donors (Lipinski definition) is 2. The van der Waals surface area contributed by atoms with Crippen LogP contribution in [0.1, 0.15) is 35.4 Å². The molecule has 2 N–H and O–H groups in total. The minimum Gasteiger partial charge on any atom is -0.394 e. The number of halogens is 1. The fourth-order valence-electron chi connectivity index (χ4n) is 2.13. The minimum atomic E-state index is -0.388. The van der Waals surface area contributed by atoms with Crippen LogP contribution in [0.2, 0.25) is 0 Å². The first-order chi connectivity index (χ1) is 7.67. The molecule has 1 aliphatic rings. The molecule has 1 aromatic heterocycles. The summed E-state index contributed by atoms with van der Waals surface area (Å²) in [7, 11) is 0. The van der Waals surface area contributed by atoms with Crippen molar-refractivity contribution in [2.24, 2.45) is 0 Å². The lowest BCUT2D eigenvalue weighted by Crippen LogP contribution is -2.49. The van der Waals surface area contributed by atoms with Gasteiger partial charge in [-0.05, 0) is 40.2 Å². The van der Waals surface area contributed by atoms with Gasteiger partial charge in [0.25, 0.3) is 5.91 Å². The Morgan fingerprint density at radius 2 is 2.25 bits per heavy atom. The second-order valence-corrected chi connectivity index (χ2v) is 5.97. The summed E-state index contributed by atoms with van der Waals surface area (Å²) < 4.78 is 0.820. The highest BCUT2D eigenvalue weighted by Gasteiger charge is 2.35. The van der Waals surface area contributed by atoms with E-state index in [9.17, 15) is 9.90 Å². The van der Waals surface area contributed by atoms with Crippen LogP contribution in [0.4, 0.5) is 0 Å². The molecule has 88 valence electrons. The van der Waals surface area contributed by atoms with Crippen molar-refractivity contribution >= 4 is 33.2 Å². The Morgan fingerprint density at radius 3 is 2.75 bits per heavy atom. The molecule has 0 unspecified atom stereocenters. The summed E-state index contributed by atoms with van der Waals surface area (Å²) in [4.78, 5) is 12.7. The van der Waals surface area contributed by atoms with Gasteiger partial charge in [0.2, 0.25) is 0 Å². The molecule has 0 spiro atoms. The summed E-state index contributed by atoms with van der Waals surface area (Å²) >= 11 is 4.75. The molecule has 0 aliphatic heterocycles. The molecule has 0 atom stereocenters. The van der Waals surface area contributed by atoms with E-state index in [0.717, 1.165) is 30.2 Å². The van der Waals surface area contributed by atoms with Crippen molar-refractivity contribution in [2.45, 2.75) is 31.2 Å². The number of rotatable bonds is 3. The van der Waals surface area contributed by atoms with Gasteiger partial charge in [-0.3, -0.25) is 4.79 Å². The average molecular weight is 304 g/mol. The summed E-state index contributed by atoms with van der Waals surface area (Å²) in [5.41, 5.74) is -0.388. The van der Waals surface area contributed by atoms with Gasteiger partial charge >= 0.3 is 0 Å². The highest BCUT2D eigenvalue weighted by atomic mass is 79.9. The highest BCUT2D eigenvalue weighted by Crippen LogP contribution is 2.30. The third-order valence-electron chi connectivity index (χ3n) is 3.07. The Balaban J connectivity index is 2.09. The van der Waals surface area contributed by atoms with Gasteiger partial charge in [0, 0.05) is 4.47 Å². The van der Waals surface area contributed by atoms with Crippen molar-refractivity contribution in [3.63, 3.8) is 0 Å². The largest absolute Gasteiger partial charge is 0.394 e. The van der Waals surface area contributed by atoms with Crippen LogP contribution in [0, 0.1) is 0 Å². The van der Waals surface area contributed by atoms with E-state index in [1.54, 1.807) is 0 Å². The Hall–Kier alpha value is -0.390. The molecule has 1 heterocycles. The first kappa shape index (κ1) is 12.1. The lowest BCUT2D eigenvalue weighted by atomic mass is 9.99. The van der Waals surface area contributed by atoms with E-state index in [1.807, 2.05) is 11.4 Å². The van der Waals surface area contributed by atoms with Crippen LogP contribution >= 0.6 is 27.3 Å². The van der Waals surface area contributed by atoms with Gasteiger partial charge < -0.3 is 10.4 Å². The van der Waals surface area contributed by atoms with E-state index in [4.69, 9.17) is 0 Å². The maximum Gasteiger partial charge on any atom is 0.263 e. The number of thiophene rings is 1. The predicted octanol–water partition coefficient (Wildman–Crippen LogP) is 2.55. The molecule has 0 aromatic carbocycles. The van der Waals surface area contributed by atoms with Crippen LogP contribution in [0.15, 0.2) is 15.9 Å².